The molecule has 100 valence electrons. The number of hydrogen-bond acceptors (Lipinski definition) is 3. The summed E-state index contributed by atoms with van der Waals surface area (Å²) in [4.78, 5) is 0. The van der Waals surface area contributed by atoms with Gasteiger partial charge in [-0.25, -0.2) is 0 Å². The van der Waals surface area contributed by atoms with Crippen molar-refractivity contribution in [3.05, 3.63) is 27.7 Å². The number of ether oxygens (including phenoxy) is 2. The van der Waals surface area contributed by atoms with E-state index in [0.29, 0.717) is 5.92 Å². The van der Waals surface area contributed by atoms with Gasteiger partial charge in [0.15, 0.2) is 0 Å². The molecule has 1 fully saturated rings. The first-order valence-electron chi connectivity index (χ1n) is 6.33. The van der Waals surface area contributed by atoms with Crippen molar-refractivity contribution in [1.29, 1.82) is 0 Å². The minimum atomic E-state index is 0.0729. The number of halogens is 1. The largest absolute Gasteiger partial charge is 0.495 e. The van der Waals surface area contributed by atoms with Crippen LogP contribution in [0.4, 0.5) is 0 Å². The second-order valence-corrected chi connectivity index (χ2v) is 5.70. The van der Waals surface area contributed by atoms with E-state index in [1.165, 1.54) is 5.56 Å². The van der Waals surface area contributed by atoms with Gasteiger partial charge in [-0.1, -0.05) is 13.8 Å². The number of methoxy groups -OCH3 is 1. The van der Waals surface area contributed by atoms with Crippen molar-refractivity contribution in [3.8, 4) is 5.75 Å². The van der Waals surface area contributed by atoms with Gasteiger partial charge >= 0.3 is 0 Å². The standard InChI is InChI=1S/C14H20BrNO2/c1-9(2)10-6-11(13-8-16-4-5-18-13)14(17-3)12(15)7-10/h6-7,9,13,16H,4-5,8H2,1-3H3. The molecule has 1 heterocycles. The summed E-state index contributed by atoms with van der Waals surface area (Å²) in [6, 6.07) is 4.33. The predicted molar refractivity (Wildman–Crippen MR) is 76.3 cm³/mol. The zero-order valence-corrected chi connectivity index (χ0v) is 12.7. The van der Waals surface area contributed by atoms with E-state index in [1.807, 2.05) is 0 Å². The van der Waals surface area contributed by atoms with Gasteiger partial charge in [0, 0.05) is 18.7 Å². The smallest absolute Gasteiger partial charge is 0.138 e. The predicted octanol–water partition coefficient (Wildman–Crippen LogP) is 3.24. The van der Waals surface area contributed by atoms with Gasteiger partial charge in [-0.05, 0) is 39.5 Å². The highest BCUT2D eigenvalue weighted by molar-refractivity contribution is 9.10. The quantitative estimate of drug-likeness (QED) is 0.929. The highest BCUT2D eigenvalue weighted by atomic mass is 79.9. The second kappa shape index (κ2) is 6.04. The first-order valence-corrected chi connectivity index (χ1v) is 7.12. The lowest BCUT2D eigenvalue weighted by Gasteiger charge is -2.26. The normalized spacial score (nSPS) is 20.2. The maximum atomic E-state index is 5.83. The molecular weight excluding hydrogens is 294 g/mol. The van der Waals surface area contributed by atoms with Gasteiger partial charge in [-0.2, -0.15) is 0 Å². The number of nitrogens with one attached hydrogen (secondary N) is 1. The fourth-order valence-corrected chi connectivity index (χ4v) is 2.84. The van der Waals surface area contributed by atoms with Crippen molar-refractivity contribution in [3.63, 3.8) is 0 Å². The Labute approximate surface area is 117 Å². The summed E-state index contributed by atoms with van der Waals surface area (Å²) in [5, 5.41) is 3.36. The van der Waals surface area contributed by atoms with Gasteiger partial charge in [-0.3, -0.25) is 0 Å². The van der Waals surface area contributed by atoms with Crippen LogP contribution in [0.2, 0.25) is 0 Å². The Hall–Kier alpha value is -0.580. The fraction of sp³-hybridized carbons (Fsp3) is 0.571. The van der Waals surface area contributed by atoms with Gasteiger partial charge in [0.2, 0.25) is 0 Å². The number of rotatable bonds is 3. The molecule has 1 aromatic rings. The zero-order chi connectivity index (χ0) is 13.1. The lowest BCUT2D eigenvalue weighted by Crippen LogP contribution is -2.33. The highest BCUT2D eigenvalue weighted by Gasteiger charge is 2.22. The molecule has 18 heavy (non-hydrogen) atoms. The molecule has 2 rings (SSSR count). The molecule has 1 N–H and O–H groups in total. The Morgan fingerprint density at radius 3 is 2.78 bits per heavy atom. The third-order valence-corrected chi connectivity index (χ3v) is 3.83. The van der Waals surface area contributed by atoms with E-state index < -0.39 is 0 Å². The summed E-state index contributed by atoms with van der Waals surface area (Å²) < 4.78 is 12.3. The Balaban J connectivity index is 2.41. The van der Waals surface area contributed by atoms with Gasteiger partial charge in [0.25, 0.3) is 0 Å². The molecule has 4 heteroatoms. The monoisotopic (exact) mass is 313 g/mol. The first-order chi connectivity index (χ1) is 8.63. The van der Waals surface area contributed by atoms with Crippen LogP contribution in [0.5, 0.6) is 5.75 Å². The van der Waals surface area contributed by atoms with E-state index in [0.717, 1.165) is 35.5 Å². The molecule has 0 saturated carbocycles. The van der Waals surface area contributed by atoms with Crippen LogP contribution in [0.3, 0.4) is 0 Å². The lowest BCUT2D eigenvalue weighted by molar-refractivity contribution is 0.0261. The fourth-order valence-electron chi connectivity index (χ4n) is 2.19. The summed E-state index contributed by atoms with van der Waals surface area (Å²) in [5.74, 6) is 1.37. The molecule has 0 bridgehead atoms. The molecule has 0 amide bonds. The van der Waals surface area contributed by atoms with Crippen molar-refractivity contribution < 1.29 is 9.47 Å². The summed E-state index contributed by atoms with van der Waals surface area (Å²) in [6.07, 6.45) is 0.0729. The number of benzene rings is 1. The Kier molecular flexibility index (Phi) is 4.65. The molecule has 1 unspecified atom stereocenters. The minimum absolute atomic E-state index is 0.0729. The zero-order valence-electron chi connectivity index (χ0n) is 11.1. The summed E-state index contributed by atoms with van der Waals surface area (Å²) >= 11 is 3.59. The molecule has 1 aliphatic heterocycles. The van der Waals surface area contributed by atoms with Gasteiger partial charge in [0.05, 0.1) is 24.3 Å². The van der Waals surface area contributed by atoms with Gasteiger partial charge < -0.3 is 14.8 Å². The van der Waals surface area contributed by atoms with E-state index in [2.05, 4.69) is 47.2 Å². The minimum Gasteiger partial charge on any atom is -0.495 e. The Morgan fingerprint density at radius 1 is 1.44 bits per heavy atom. The van der Waals surface area contributed by atoms with Crippen LogP contribution in [0, 0.1) is 0 Å². The summed E-state index contributed by atoms with van der Waals surface area (Å²) in [7, 11) is 1.70. The van der Waals surface area contributed by atoms with E-state index in [4.69, 9.17) is 9.47 Å². The SMILES string of the molecule is COc1c(Br)cc(C(C)C)cc1C1CNCCO1. The number of morpholine rings is 1. The van der Waals surface area contributed by atoms with E-state index in [1.54, 1.807) is 7.11 Å². The van der Waals surface area contributed by atoms with Crippen molar-refractivity contribution in [2.24, 2.45) is 0 Å². The van der Waals surface area contributed by atoms with Crippen LogP contribution in [-0.2, 0) is 4.74 Å². The third kappa shape index (κ3) is 2.87. The van der Waals surface area contributed by atoms with Crippen molar-refractivity contribution in [1.82, 2.24) is 5.32 Å². The average Bonchev–Trinajstić information content (AvgIpc) is 2.38. The molecular formula is C14H20BrNO2. The van der Waals surface area contributed by atoms with Crippen LogP contribution in [0.25, 0.3) is 0 Å². The van der Waals surface area contributed by atoms with Crippen LogP contribution in [0.1, 0.15) is 37.0 Å². The molecule has 0 aromatic heterocycles. The maximum Gasteiger partial charge on any atom is 0.138 e. The highest BCUT2D eigenvalue weighted by Crippen LogP contribution is 2.37. The average molecular weight is 314 g/mol. The summed E-state index contributed by atoms with van der Waals surface area (Å²) in [5.41, 5.74) is 2.43. The van der Waals surface area contributed by atoms with E-state index in [9.17, 15) is 0 Å². The second-order valence-electron chi connectivity index (χ2n) is 4.84. The van der Waals surface area contributed by atoms with Crippen LogP contribution in [0.15, 0.2) is 16.6 Å². The number of hydrogen-bond donors (Lipinski definition) is 1. The van der Waals surface area contributed by atoms with Crippen LogP contribution < -0.4 is 10.1 Å². The molecule has 1 aliphatic rings. The van der Waals surface area contributed by atoms with Crippen molar-refractivity contribution in [2.45, 2.75) is 25.9 Å². The molecule has 0 aliphatic carbocycles. The molecule has 0 spiro atoms. The Bertz CT molecular complexity index is 415. The molecule has 1 aromatic carbocycles. The van der Waals surface area contributed by atoms with Gasteiger partial charge in [0.1, 0.15) is 5.75 Å². The molecule has 0 radical (unpaired) electrons. The first kappa shape index (κ1) is 13.8. The topological polar surface area (TPSA) is 30.5 Å². The van der Waals surface area contributed by atoms with E-state index in [-0.39, 0.29) is 6.10 Å². The van der Waals surface area contributed by atoms with E-state index >= 15 is 0 Å². The molecule has 1 atom stereocenters. The lowest BCUT2D eigenvalue weighted by atomic mass is 9.97. The van der Waals surface area contributed by atoms with Gasteiger partial charge in [-0.15, -0.1) is 0 Å². The van der Waals surface area contributed by atoms with Crippen molar-refractivity contribution in [2.75, 3.05) is 26.8 Å². The Morgan fingerprint density at radius 2 is 2.22 bits per heavy atom. The maximum absolute atomic E-state index is 5.83. The third-order valence-electron chi connectivity index (χ3n) is 3.24. The van der Waals surface area contributed by atoms with Crippen LogP contribution in [-0.4, -0.2) is 26.8 Å². The summed E-state index contributed by atoms with van der Waals surface area (Å²) in [6.45, 7) is 6.89. The molecule has 3 nitrogen and oxygen atoms in total. The van der Waals surface area contributed by atoms with Crippen molar-refractivity contribution >= 4 is 15.9 Å². The molecule has 1 saturated heterocycles. The van der Waals surface area contributed by atoms with Crippen LogP contribution >= 0.6 is 15.9 Å².